The van der Waals surface area contributed by atoms with Crippen LogP contribution in [-0.2, 0) is 4.79 Å². The molecule has 17 heavy (non-hydrogen) atoms. The number of carbonyl (C=O) groups is 1. The van der Waals surface area contributed by atoms with Gasteiger partial charge in [-0.25, -0.2) is 0 Å². The minimum Gasteiger partial charge on any atom is -0.409 e. The van der Waals surface area contributed by atoms with Gasteiger partial charge in [0.15, 0.2) is 5.84 Å². The molecule has 1 fully saturated rings. The molecule has 0 heterocycles. The van der Waals surface area contributed by atoms with Gasteiger partial charge in [0.05, 0.1) is 5.92 Å². The molecule has 1 aliphatic carbocycles. The number of hydrogen-bond acceptors (Lipinski definition) is 3. The van der Waals surface area contributed by atoms with E-state index in [0.717, 1.165) is 19.3 Å². The van der Waals surface area contributed by atoms with Crippen LogP contribution in [0.1, 0.15) is 45.4 Å². The number of amidine groups is 1. The Morgan fingerprint density at radius 1 is 1.53 bits per heavy atom. The van der Waals surface area contributed by atoms with Gasteiger partial charge in [0, 0.05) is 13.1 Å². The van der Waals surface area contributed by atoms with Gasteiger partial charge in [-0.1, -0.05) is 31.3 Å². The number of hydrogen-bond donors (Lipinski definition) is 2. The van der Waals surface area contributed by atoms with E-state index in [1.54, 1.807) is 4.90 Å². The number of carbonyl (C=O) groups excluding carboxylic acids is 1. The molecule has 98 valence electrons. The molecule has 1 atom stereocenters. The molecule has 0 aromatic rings. The van der Waals surface area contributed by atoms with Crippen molar-refractivity contribution in [2.24, 2.45) is 16.8 Å². The maximum absolute atomic E-state index is 12.3. The molecule has 5 heteroatoms. The summed E-state index contributed by atoms with van der Waals surface area (Å²) in [4.78, 5) is 14.1. The first-order valence-electron chi connectivity index (χ1n) is 6.35. The molecule has 0 aromatic carbocycles. The van der Waals surface area contributed by atoms with Crippen molar-refractivity contribution in [3.8, 4) is 0 Å². The Morgan fingerprint density at radius 3 is 2.59 bits per heavy atom. The van der Waals surface area contributed by atoms with Crippen molar-refractivity contribution >= 4 is 11.7 Å². The molecule has 0 bridgehead atoms. The van der Waals surface area contributed by atoms with E-state index < -0.39 is 5.92 Å². The second-order valence-corrected chi connectivity index (χ2v) is 4.75. The molecule has 5 nitrogen and oxygen atoms in total. The SMILES string of the molecule is CCCC(C(=O)N(C)C1CCCC1)C(N)=NO. The number of nitrogens with two attached hydrogens (primary N) is 1. The summed E-state index contributed by atoms with van der Waals surface area (Å²) in [5.74, 6) is -0.466. The van der Waals surface area contributed by atoms with E-state index in [9.17, 15) is 4.79 Å². The van der Waals surface area contributed by atoms with Crippen molar-refractivity contribution in [3.05, 3.63) is 0 Å². The van der Waals surface area contributed by atoms with E-state index in [1.165, 1.54) is 12.8 Å². The van der Waals surface area contributed by atoms with Gasteiger partial charge in [0.25, 0.3) is 0 Å². The first-order valence-corrected chi connectivity index (χ1v) is 6.35. The van der Waals surface area contributed by atoms with E-state index in [4.69, 9.17) is 10.9 Å². The molecular weight excluding hydrogens is 218 g/mol. The van der Waals surface area contributed by atoms with Crippen LogP contribution in [0.5, 0.6) is 0 Å². The summed E-state index contributed by atoms with van der Waals surface area (Å²) in [6, 6.07) is 0.327. The molecule has 1 unspecified atom stereocenters. The normalized spacial score (nSPS) is 19.3. The van der Waals surface area contributed by atoms with Gasteiger partial charge in [-0.05, 0) is 19.3 Å². The van der Waals surface area contributed by atoms with Crippen molar-refractivity contribution in [1.82, 2.24) is 4.90 Å². The van der Waals surface area contributed by atoms with Crippen LogP contribution in [0.2, 0.25) is 0 Å². The molecule has 1 aliphatic rings. The molecule has 1 saturated carbocycles. The summed E-state index contributed by atoms with van der Waals surface area (Å²) in [6.45, 7) is 1.99. The van der Waals surface area contributed by atoms with Crippen LogP contribution in [0.3, 0.4) is 0 Å². The zero-order chi connectivity index (χ0) is 12.8. The van der Waals surface area contributed by atoms with Crippen LogP contribution >= 0.6 is 0 Å². The van der Waals surface area contributed by atoms with Gasteiger partial charge < -0.3 is 15.8 Å². The average molecular weight is 241 g/mol. The second kappa shape index (κ2) is 6.47. The Balaban J connectivity index is 2.69. The minimum absolute atomic E-state index is 0.0194. The van der Waals surface area contributed by atoms with E-state index in [1.807, 2.05) is 14.0 Å². The Kier molecular flexibility index (Phi) is 5.25. The first kappa shape index (κ1) is 13.8. The van der Waals surface area contributed by atoms with Crippen LogP contribution < -0.4 is 5.73 Å². The predicted octanol–water partition coefficient (Wildman–Crippen LogP) is 1.55. The predicted molar refractivity (Wildman–Crippen MR) is 66.8 cm³/mol. The summed E-state index contributed by atoms with van der Waals surface area (Å²) < 4.78 is 0. The maximum atomic E-state index is 12.3. The summed E-state index contributed by atoms with van der Waals surface area (Å²) in [5, 5.41) is 11.7. The average Bonchev–Trinajstić information content (AvgIpc) is 2.87. The van der Waals surface area contributed by atoms with Crippen molar-refractivity contribution < 1.29 is 10.0 Å². The zero-order valence-corrected chi connectivity index (χ0v) is 10.7. The summed E-state index contributed by atoms with van der Waals surface area (Å²) in [5.41, 5.74) is 5.59. The van der Waals surface area contributed by atoms with Gasteiger partial charge in [-0.3, -0.25) is 4.79 Å². The number of rotatable bonds is 5. The lowest BCUT2D eigenvalue weighted by Crippen LogP contribution is -2.44. The quantitative estimate of drug-likeness (QED) is 0.332. The molecule has 3 N–H and O–H groups in total. The lowest BCUT2D eigenvalue weighted by atomic mass is 10.00. The zero-order valence-electron chi connectivity index (χ0n) is 10.7. The first-order chi connectivity index (χ1) is 8.11. The van der Waals surface area contributed by atoms with Gasteiger partial charge in [-0.15, -0.1) is 0 Å². The number of nitrogens with zero attached hydrogens (tertiary/aromatic N) is 2. The van der Waals surface area contributed by atoms with Crippen LogP contribution in [0, 0.1) is 5.92 Å². The maximum Gasteiger partial charge on any atom is 0.233 e. The van der Waals surface area contributed by atoms with Gasteiger partial charge in [0.1, 0.15) is 0 Å². The highest BCUT2D eigenvalue weighted by atomic mass is 16.4. The smallest absolute Gasteiger partial charge is 0.233 e. The second-order valence-electron chi connectivity index (χ2n) is 4.75. The molecule has 0 aromatic heterocycles. The molecule has 1 amide bonds. The minimum atomic E-state index is -0.476. The third-order valence-electron chi connectivity index (χ3n) is 3.57. The summed E-state index contributed by atoms with van der Waals surface area (Å²) in [7, 11) is 1.83. The molecule has 0 radical (unpaired) electrons. The Morgan fingerprint density at radius 2 is 2.12 bits per heavy atom. The van der Waals surface area contributed by atoms with Crippen molar-refractivity contribution in [2.45, 2.75) is 51.5 Å². The standard InChI is InChI=1S/C12H23N3O2/c1-3-6-10(11(13)14-17)12(16)15(2)9-7-4-5-8-9/h9-10,17H,3-8H2,1-2H3,(H2,13,14). The third-order valence-corrected chi connectivity index (χ3v) is 3.57. The fraction of sp³-hybridized carbons (Fsp3) is 0.833. The molecule has 0 aliphatic heterocycles. The van der Waals surface area contributed by atoms with Crippen LogP contribution in [0.15, 0.2) is 5.16 Å². The lowest BCUT2D eigenvalue weighted by molar-refractivity contribution is -0.134. The van der Waals surface area contributed by atoms with Crippen molar-refractivity contribution in [2.75, 3.05) is 7.05 Å². The molecule has 0 saturated heterocycles. The Hall–Kier alpha value is -1.26. The van der Waals surface area contributed by atoms with Crippen LogP contribution in [0.25, 0.3) is 0 Å². The molecule has 0 spiro atoms. The van der Waals surface area contributed by atoms with Crippen LogP contribution in [-0.4, -0.2) is 34.9 Å². The highest BCUT2D eigenvalue weighted by molar-refractivity contribution is 6.02. The van der Waals surface area contributed by atoms with Crippen LogP contribution in [0.4, 0.5) is 0 Å². The van der Waals surface area contributed by atoms with E-state index >= 15 is 0 Å². The third kappa shape index (κ3) is 3.35. The monoisotopic (exact) mass is 241 g/mol. The van der Waals surface area contributed by atoms with E-state index in [2.05, 4.69) is 5.16 Å². The highest BCUT2D eigenvalue weighted by Crippen LogP contribution is 2.24. The summed E-state index contributed by atoms with van der Waals surface area (Å²) in [6.07, 6.45) is 5.97. The van der Waals surface area contributed by atoms with E-state index in [0.29, 0.717) is 12.5 Å². The fourth-order valence-electron chi connectivity index (χ4n) is 2.47. The fourth-order valence-corrected chi connectivity index (χ4v) is 2.47. The van der Waals surface area contributed by atoms with Gasteiger partial charge >= 0.3 is 0 Å². The summed E-state index contributed by atoms with van der Waals surface area (Å²) >= 11 is 0. The lowest BCUT2D eigenvalue weighted by Gasteiger charge is -2.28. The highest BCUT2D eigenvalue weighted by Gasteiger charge is 2.30. The number of amides is 1. The van der Waals surface area contributed by atoms with Crippen molar-refractivity contribution in [1.29, 1.82) is 0 Å². The molecule has 1 rings (SSSR count). The van der Waals surface area contributed by atoms with Gasteiger partial charge in [-0.2, -0.15) is 0 Å². The Bertz CT molecular complexity index is 285. The topological polar surface area (TPSA) is 78.9 Å². The van der Waals surface area contributed by atoms with Gasteiger partial charge in [0.2, 0.25) is 5.91 Å². The number of oxime groups is 1. The van der Waals surface area contributed by atoms with E-state index in [-0.39, 0.29) is 11.7 Å². The van der Waals surface area contributed by atoms with Crippen molar-refractivity contribution in [3.63, 3.8) is 0 Å². The Labute approximate surface area is 103 Å². The molecular formula is C12H23N3O2. The largest absolute Gasteiger partial charge is 0.409 e.